The van der Waals surface area contributed by atoms with Crippen molar-refractivity contribution in [3.05, 3.63) is 69.2 Å². The molecule has 1 fully saturated rings. The Balaban J connectivity index is 2.21. The fourth-order valence-electron chi connectivity index (χ4n) is 4.05. The first-order chi connectivity index (χ1) is 13.5. The van der Waals surface area contributed by atoms with Gasteiger partial charge in [-0.1, -0.05) is 18.0 Å². The molecule has 3 N–H and O–H groups in total. The van der Waals surface area contributed by atoms with E-state index < -0.39 is 52.8 Å². The number of aliphatic hydroxyl groups excluding tert-OH is 1. The van der Waals surface area contributed by atoms with Gasteiger partial charge in [0.05, 0.1) is 11.7 Å². The van der Waals surface area contributed by atoms with Crippen LogP contribution in [0.3, 0.4) is 0 Å². The molecule has 2 aromatic carbocycles. The van der Waals surface area contributed by atoms with Gasteiger partial charge in [0.25, 0.3) is 0 Å². The van der Waals surface area contributed by atoms with Crippen LogP contribution in [0.2, 0.25) is 5.02 Å². The molecule has 3 unspecified atom stereocenters. The zero-order valence-electron chi connectivity index (χ0n) is 14.9. The number of primary amides is 1. The summed E-state index contributed by atoms with van der Waals surface area (Å²) >= 11 is 6.16. The Morgan fingerprint density at radius 3 is 2.45 bits per heavy atom. The number of amides is 1. The lowest BCUT2D eigenvalue weighted by Gasteiger charge is -2.37. The van der Waals surface area contributed by atoms with Crippen molar-refractivity contribution in [2.75, 3.05) is 0 Å². The second-order valence-corrected chi connectivity index (χ2v) is 7.48. The molecule has 1 saturated carbocycles. The molecule has 1 aliphatic carbocycles. The number of benzene rings is 2. The highest BCUT2D eigenvalue weighted by Crippen LogP contribution is 2.48. The van der Waals surface area contributed by atoms with Crippen LogP contribution in [0.1, 0.15) is 58.1 Å². The minimum Gasteiger partial charge on any atom is -0.392 e. The Morgan fingerprint density at radius 2 is 1.83 bits per heavy atom. The molecule has 3 atom stereocenters. The summed E-state index contributed by atoms with van der Waals surface area (Å²) in [4.78, 5) is 11.9. The Kier molecular flexibility index (Phi) is 5.87. The zero-order chi connectivity index (χ0) is 21.5. The first kappa shape index (κ1) is 21.5. The largest absolute Gasteiger partial charge is 0.416 e. The van der Waals surface area contributed by atoms with Crippen molar-refractivity contribution in [3.8, 4) is 0 Å². The van der Waals surface area contributed by atoms with Crippen molar-refractivity contribution in [2.45, 2.75) is 43.4 Å². The number of carbonyl (C=O) groups is 1. The maximum absolute atomic E-state index is 14.9. The van der Waals surface area contributed by atoms with Gasteiger partial charge in [-0.25, -0.2) is 8.78 Å². The van der Waals surface area contributed by atoms with Crippen LogP contribution >= 0.6 is 11.6 Å². The predicted octanol–water partition coefficient (Wildman–Crippen LogP) is 5.15. The number of aliphatic hydroxyl groups is 1. The minimum absolute atomic E-state index is 0.121. The van der Waals surface area contributed by atoms with Crippen molar-refractivity contribution in [3.63, 3.8) is 0 Å². The molecule has 0 spiro atoms. The molecule has 156 valence electrons. The number of halogens is 6. The van der Waals surface area contributed by atoms with Gasteiger partial charge in [0, 0.05) is 22.1 Å². The first-order valence-electron chi connectivity index (χ1n) is 8.84. The Hall–Kier alpha value is -2.19. The average molecular weight is 434 g/mol. The number of hydrogen-bond donors (Lipinski definition) is 2. The van der Waals surface area contributed by atoms with Crippen molar-refractivity contribution < 1.29 is 31.9 Å². The van der Waals surface area contributed by atoms with E-state index in [4.69, 9.17) is 17.3 Å². The summed E-state index contributed by atoms with van der Waals surface area (Å²) in [6.07, 6.45) is -4.95. The zero-order valence-corrected chi connectivity index (χ0v) is 15.7. The van der Waals surface area contributed by atoms with E-state index in [1.54, 1.807) is 0 Å². The van der Waals surface area contributed by atoms with E-state index in [9.17, 15) is 31.9 Å². The van der Waals surface area contributed by atoms with Crippen LogP contribution in [-0.4, -0.2) is 17.1 Å². The highest BCUT2D eigenvalue weighted by Gasteiger charge is 2.40. The van der Waals surface area contributed by atoms with Gasteiger partial charge in [0.15, 0.2) is 0 Å². The SMILES string of the molecule is NC(=O)c1cc(C(F)(F)F)cc(F)c1C1CCCC(O)C1c1cc(F)ccc1Cl. The quantitative estimate of drug-likeness (QED) is 0.658. The molecule has 3 rings (SSSR count). The first-order valence-corrected chi connectivity index (χ1v) is 9.22. The fraction of sp³-hybridized carbons (Fsp3) is 0.350. The third kappa shape index (κ3) is 4.23. The molecule has 0 heterocycles. The fourth-order valence-corrected chi connectivity index (χ4v) is 4.30. The second kappa shape index (κ2) is 7.91. The van der Waals surface area contributed by atoms with Crippen molar-refractivity contribution in [1.82, 2.24) is 0 Å². The van der Waals surface area contributed by atoms with Crippen molar-refractivity contribution in [2.24, 2.45) is 5.73 Å². The smallest absolute Gasteiger partial charge is 0.392 e. The lowest BCUT2D eigenvalue weighted by molar-refractivity contribution is -0.137. The number of hydrogen-bond acceptors (Lipinski definition) is 2. The number of alkyl halides is 3. The maximum atomic E-state index is 14.9. The molecule has 0 aliphatic heterocycles. The van der Waals surface area contributed by atoms with Gasteiger partial charge in [-0.3, -0.25) is 4.79 Å². The molecule has 0 saturated heterocycles. The molecule has 0 radical (unpaired) electrons. The van der Waals surface area contributed by atoms with Gasteiger partial charge < -0.3 is 10.8 Å². The lowest BCUT2D eigenvalue weighted by Crippen LogP contribution is -2.32. The molecule has 9 heteroatoms. The van der Waals surface area contributed by atoms with Crippen LogP contribution < -0.4 is 5.73 Å². The average Bonchev–Trinajstić information content (AvgIpc) is 2.62. The minimum atomic E-state index is -4.87. The normalized spacial score (nSPS) is 22.5. The van der Waals surface area contributed by atoms with Crippen LogP contribution in [-0.2, 0) is 6.18 Å². The predicted molar refractivity (Wildman–Crippen MR) is 96.7 cm³/mol. The third-order valence-corrected chi connectivity index (χ3v) is 5.62. The summed E-state index contributed by atoms with van der Waals surface area (Å²) in [6, 6.07) is 4.30. The van der Waals surface area contributed by atoms with Gasteiger partial charge in [0.1, 0.15) is 11.6 Å². The Bertz CT molecular complexity index is 947. The highest BCUT2D eigenvalue weighted by molar-refractivity contribution is 6.31. The monoisotopic (exact) mass is 433 g/mol. The standard InChI is InChI=1S/C20H17ClF5NO2/c21-14-5-4-10(22)8-12(14)18-11(2-1-3-16(18)28)17-13(19(27)29)6-9(7-15(17)23)20(24,25)26/h4-8,11,16,18,28H,1-3H2,(H2,27,29). The van der Waals surface area contributed by atoms with Gasteiger partial charge in [-0.05, 0) is 54.7 Å². The lowest BCUT2D eigenvalue weighted by atomic mass is 9.69. The number of nitrogens with two attached hydrogens (primary N) is 1. The molecule has 2 aromatic rings. The van der Waals surface area contributed by atoms with Crippen LogP contribution in [0, 0.1) is 11.6 Å². The number of rotatable bonds is 3. The molecule has 0 bridgehead atoms. The summed E-state index contributed by atoms with van der Waals surface area (Å²) in [5.74, 6) is -4.96. The highest BCUT2D eigenvalue weighted by atomic mass is 35.5. The summed E-state index contributed by atoms with van der Waals surface area (Å²) in [5.41, 5.74) is 3.16. The third-order valence-electron chi connectivity index (χ3n) is 5.27. The van der Waals surface area contributed by atoms with E-state index in [0.717, 1.165) is 12.1 Å². The maximum Gasteiger partial charge on any atom is 0.416 e. The summed E-state index contributed by atoms with van der Waals surface area (Å²) in [5, 5.41) is 10.7. The molecule has 29 heavy (non-hydrogen) atoms. The van der Waals surface area contributed by atoms with Crippen LogP contribution in [0.5, 0.6) is 0 Å². The Morgan fingerprint density at radius 1 is 1.14 bits per heavy atom. The van der Waals surface area contributed by atoms with E-state index in [1.165, 1.54) is 6.07 Å². The van der Waals surface area contributed by atoms with Crippen LogP contribution in [0.4, 0.5) is 22.0 Å². The van der Waals surface area contributed by atoms with Crippen LogP contribution in [0.25, 0.3) is 0 Å². The van der Waals surface area contributed by atoms with Crippen molar-refractivity contribution >= 4 is 17.5 Å². The van der Waals surface area contributed by atoms with Gasteiger partial charge >= 0.3 is 6.18 Å². The van der Waals surface area contributed by atoms with Gasteiger partial charge in [0.2, 0.25) is 5.91 Å². The van der Waals surface area contributed by atoms with E-state index in [2.05, 4.69) is 0 Å². The van der Waals surface area contributed by atoms with E-state index >= 15 is 0 Å². The summed E-state index contributed by atoms with van der Waals surface area (Å²) in [6.45, 7) is 0. The molecule has 1 aliphatic rings. The topological polar surface area (TPSA) is 63.3 Å². The van der Waals surface area contributed by atoms with E-state index in [1.807, 2.05) is 0 Å². The molecular weight excluding hydrogens is 417 g/mol. The van der Waals surface area contributed by atoms with Gasteiger partial charge in [-0.2, -0.15) is 13.2 Å². The number of carbonyl (C=O) groups excluding carboxylic acids is 1. The molecular formula is C20H17ClF5NO2. The molecule has 0 aromatic heterocycles. The van der Waals surface area contributed by atoms with E-state index in [-0.39, 0.29) is 22.6 Å². The molecule has 3 nitrogen and oxygen atoms in total. The second-order valence-electron chi connectivity index (χ2n) is 7.08. The summed E-state index contributed by atoms with van der Waals surface area (Å²) in [7, 11) is 0. The Labute approximate surface area is 168 Å². The van der Waals surface area contributed by atoms with Crippen molar-refractivity contribution in [1.29, 1.82) is 0 Å². The molecule has 1 amide bonds. The van der Waals surface area contributed by atoms with E-state index in [0.29, 0.717) is 25.0 Å². The summed E-state index contributed by atoms with van der Waals surface area (Å²) < 4.78 is 67.9. The van der Waals surface area contributed by atoms with Gasteiger partial charge in [-0.15, -0.1) is 0 Å². The van der Waals surface area contributed by atoms with Crippen LogP contribution in [0.15, 0.2) is 30.3 Å².